The lowest BCUT2D eigenvalue weighted by Crippen LogP contribution is -1.98. The summed E-state index contributed by atoms with van der Waals surface area (Å²) < 4.78 is 10.4. The number of rotatable bonds is 12. The van der Waals surface area contributed by atoms with Gasteiger partial charge in [-0.25, -0.2) is 0 Å². The van der Waals surface area contributed by atoms with E-state index in [1.165, 1.54) is 26.4 Å². The smallest absolute Gasteiger partial charge is 0.305 e. The van der Waals surface area contributed by atoms with Gasteiger partial charge >= 0.3 is 5.97 Å². The van der Waals surface area contributed by atoms with Gasteiger partial charge in [0.15, 0.2) is 0 Å². The molecule has 0 aromatic carbocycles. The van der Waals surface area contributed by atoms with Gasteiger partial charge in [0.25, 0.3) is 0 Å². The number of hydrogen-bond donors (Lipinski definition) is 0. The molecule has 0 amide bonds. The van der Waals surface area contributed by atoms with Gasteiger partial charge in [-0.05, 0) is 43.9 Å². The van der Waals surface area contributed by atoms with Crippen LogP contribution in [0.4, 0.5) is 0 Å². The van der Waals surface area contributed by atoms with Gasteiger partial charge < -0.3 is 9.15 Å². The minimum Gasteiger partial charge on any atom is -0.469 e. The fourth-order valence-electron chi connectivity index (χ4n) is 2.35. The van der Waals surface area contributed by atoms with Gasteiger partial charge in [-0.3, -0.25) is 4.79 Å². The number of carbonyl (C=O) groups is 1. The van der Waals surface area contributed by atoms with Crippen LogP contribution in [0.1, 0.15) is 76.2 Å². The number of esters is 1. The minimum absolute atomic E-state index is 0.104. The Balaban J connectivity index is 2.07. The summed E-state index contributed by atoms with van der Waals surface area (Å²) in [6.07, 6.45) is 14.9. The molecule has 0 spiro atoms. The number of carbonyl (C=O) groups excluding carboxylic acids is 1. The third kappa shape index (κ3) is 8.71. The lowest BCUT2D eigenvalue weighted by Gasteiger charge is -1.99. The van der Waals surface area contributed by atoms with Gasteiger partial charge in [0, 0.05) is 12.8 Å². The highest BCUT2D eigenvalue weighted by molar-refractivity contribution is 5.68. The van der Waals surface area contributed by atoms with Gasteiger partial charge in [0.05, 0.1) is 7.11 Å². The van der Waals surface area contributed by atoms with E-state index >= 15 is 0 Å². The molecule has 1 rings (SSSR count). The van der Waals surface area contributed by atoms with Crippen LogP contribution in [0, 0.1) is 0 Å². The molecular formula is C19H30O3. The highest BCUT2D eigenvalue weighted by atomic mass is 16.5. The quantitative estimate of drug-likeness (QED) is 0.376. The zero-order valence-electron chi connectivity index (χ0n) is 14.1. The van der Waals surface area contributed by atoms with Crippen LogP contribution in [-0.2, 0) is 16.0 Å². The van der Waals surface area contributed by atoms with Crippen molar-refractivity contribution in [3.63, 3.8) is 0 Å². The van der Waals surface area contributed by atoms with Crippen LogP contribution in [0.2, 0.25) is 0 Å². The first kappa shape index (κ1) is 18.5. The summed E-state index contributed by atoms with van der Waals surface area (Å²) in [7, 11) is 1.44. The maximum absolute atomic E-state index is 10.9. The number of aryl methyl sites for hydroxylation is 1. The molecule has 0 aliphatic heterocycles. The summed E-state index contributed by atoms with van der Waals surface area (Å²) in [6, 6.07) is 4.14. The van der Waals surface area contributed by atoms with E-state index in [-0.39, 0.29) is 5.97 Å². The van der Waals surface area contributed by atoms with Crippen molar-refractivity contribution in [1.82, 2.24) is 0 Å². The molecule has 0 bridgehead atoms. The average Bonchev–Trinajstić information content (AvgIpc) is 2.97. The topological polar surface area (TPSA) is 39.4 Å². The van der Waals surface area contributed by atoms with Crippen molar-refractivity contribution in [3.05, 3.63) is 29.7 Å². The highest BCUT2D eigenvalue weighted by Gasteiger charge is 2.00. The van der Waals surface area contributed by atoms with E-state index in [1.54, 1.807) is 0 Å². The van der Waals surface area contributed by atoms with Crippen molar-refractivity contribution >= 4 is 12.0 Å². The molecule has 0 radical (unpaired) electrons. The summed E-state index contributed by atoms with van der Waals surface area (Å²) in [5.41, 5.74) is 0. The Labute approximate surface area is 134 Å². The minimum atomic E-state index is -0.104. The number of furan rings is 1. The van der Waals surface area contributed by atoms with E-state index in [2.05, 4.69) is 29.9 Å². The molecular weight excluding hydrogens is 276 g/mol. The monoisotopic (exact) mass is 306 g/mol. The van der Waals surface area contributed by atoms with Crippen LogP contribution in [0.15, 0.2) is 22.6 Å². The largest absolute Gasteiger partial charge is 0.469 e. The molecule has 0 atom stereocenters. The molecule has 0 saturated carbocycles. The summed E-state index contributed by atoms with van der Waals surface area (Å²) in [6.45, 7) is 2.21. The number of hydrogen-bond acceptors (Lipinski definition) is 3. The van der Waals surface area contributed by atoms with Gasteiger partial charge in [0.1, 0.15) is 11.5 Å². The first-order chi connectivity index (χ1) is 10.8. The van der Waals surface area contributed by atoms with Crippen molar-refractivity contribution in [1.29, 1.82) is 0 Å². The van der Waals surface area contributed by atoms with Crippen molar-refractivity contribution in [3.8, 4) is 0 Å². The van der Waals surface area contributed by atoms with Crippen molar-refractivity contribution in [2.75, 3.05) is 7.11 Å². The predicted octanol–water partition coefficient (Wildman–Crippen LogP) is 5.54. The molecule has 0 saturated heterocycles. The highest BCUT2D eigenvalue weighted by Crippen LogP contribution is 2.14. The van der Waals surface area contributed by atoms with Crippen LogP contribution in [0.3, 0.4) is 0 Å². The Kier molecular flexibility index (Phi) is 10.2. The summed E-state index contributed by atoms with van der Waals surface area (Å²) in [4.78, 5) is 10.9. The first-order valence-electron chi connectivity index (χ1n) is 8.58. The Hall–Kier alpha value is -1.51. The molecule has 1 aromatic heterocycles. The molecule has 1 aromatic rings. The molecule has 0 aliphatic rings. The Morgan fingerprint density at radius 3 is 2.73 bits per heavy atom. The molecule has 22 heavy (non-hydrogen) atoms. The van der Waals surface area contributed by atoms with Crippen molar-refractivity contribution in [2.45, 2.75) is 71.1 Å². The van der Waals surface area contributed by atoms with Crippen molar-refractivity contribution < 1.29 is 13.9 Å². The fraction of sp³-hybridized carbons (Fsp3) is 0.632. The van der Waals surface area contributed by atoms with Crippen molar-refractivity contribution in [2.24, 2.45) is 0 Å². The SMILES string of the molecule is CCCCCc1ccc(C=CCCCCCCC(=O)OC)o1. The van der Waals surface area contributed by atoms with Crippen LogP contribution in [-0.4, -0.2) is 13.1 Å². The Morgan fingerprint density at radius 1 is 1.14 bits per heavy atom. The third-order valence-electron chi connectivity index (χ3n) is 3.72. The van der Waals surface area contributed by atoms with Crippen LogP contribution in [0.5, 0.6) is 0 Å². The van der Waals surface area contributed by atoms with Crippen LogP contribution < -0.4 is 0 Å². The summed E-state index contributed by atoms with van der Waals surface area (Å²) in [5, 5.41) is 0. The molecule has 1 heterocycles. The summed E-state index contributed by atoms with van der Waals surface area (Å²) in [5.74, 6) is 1.94. The molecule has 0 fully saturated rings. The second kappa shape index (κ2) is 12.1. The standard InChI is InChI=1S/C19H30O3/c1-3-4-9-12-17-15-16-18(22-17)13-10-7-5-6-8-11-14-19(20)21-2/h10,13,15-16H,3-9,11-12,14H2,1-2H3. The van der Waals surface area contributed by atoms with Crippen LogP contribution >= 0.6 is 0 Å². The fourth-order valence-corrected chi connectivity index (χ4v) is 2.35. The number of ether oxygens (including phenoxy) is 1. The zero-order valence-corrected chi connectivity index (χ0v) is 14.1. The molecule has 124 valence electrons. The molecule has 0 N–H and O–H groups in total. The molecule has 3 heteroatoms. The normalized spacial score (nSPS) is 11.2. The lowest BCUT2D eigenvalue weighted by molar-refractivity contribution is -0.140. The van der Waals surface area contributed by atoms with E-state index in [4.69, 9.17) is 4.42 Å². The number of unbranched alkanes of at least 4 members (excludes halogenated alkanes) is 6. The van der Waals surface area contributed by atoms with Gasteiger partial charge in [-0.15, -0.1) is 0 Å². The van der Waals surface area contributed by atoms with E-state index < -0.39 is 0 Å². The van der Waals surface area contributed by atoms with Crippen LogP contribution in [0.25, 0.3) is 6.08 Å². The average molecular weight is 306 g/mol. The Bertz CT molecular complexity index is 432. The lowest BCUT2D eigenvalue weighted by atomic mass is 10.1. The first-order valence-corrected chi connectivity index (χ1v) is 8.58. The predicted molar refractivity (Wildman–Crippen MR) is 90.7 cm³/mol. The maximum Gasteiger partial charge on any atom is 0.305 e. The number of methoxy groups -OCH3 is 1. The van der Waals surface area contributed by atoms with E-state index in [1.807, 2.05) is 6.07 Å². The molecule has 0 aliphatic carbocycles. The van der Waals surface area contributed by atoms with Gasteiger partial charge in [0.2, 0.25) is 0 Å². The third-order valence-corrected chi connectivity index (χ3v) is 3.72. The Morgan fingerprint density at radius 2 is 1.95 bits per heavy atom. The molecule has 0 unspecified atom stereocenters. The van der Waals surface area contributed by atoms with E-state index in [0.717, 1.165) is 50.0 Å². The zero-order chi connectivity index (χ0) is 16.0. The molecule has 3 nitrogen and oxygen atoms in total. The summed E-state index contributed by atoms with van der Waals surface area (Å²) >= 11 is 0. The number of allylic oxidation sites excluding steroid dienone is 1. The maximum atomic E-state index is 10.9. The second-order valence-electron chi connectivity index (χ2n) is 5.69. The van der Waals surface area contributed by atoms with Gasteiger partial charge in [-0.1, -0.05) is 38.7 Å². The van der Waals surface area contributed by atoms with E-state index in [9.17, 15) is 4.79 Å². The van der Waals surface area contributed by atoms with Gasteiger partial charge in [-0.2, -0.15) is 0 Å². The second-order valence-corrected chi connectivity index (χ2v) is 5.69. The van der Waals surface area contributed by atoms with E-state index in [0.29, 0.717) is 6.42 Å².